The Balaban J connectivity index is 1.74. The maximum atomic E-state index is 12.1. The average molecular weight is 412 g/mol. The number of alkyl halides is 3. The van der Waals surface area contributed by atoms with Crippen LogP contribution < -0.4 is 16.4 Å². The fourth-order valence-electron chi connectivity index (χ4n) is 1.98. The van der Waals surface area contributed by atoms with Crippen LogP contribution >= 0.6 is 11.8 Å². The van der Waals surface area contributed by atoms with Crippen molar-refractivity contribution in [2.24, 2.45) is 10.7 Å². The molecule has 150 valence electrons. The lowest BCUT2D eigenvalue weighted by Crippen LogP contribution is -2.26. The Labute approximate surface area is 164 Å². The van der Waals surface area contributed by atoms with Gasteiger partial charge in [-0.15, -0.1) is 11.8 Å². The Morgan fingerprint density at radius 2 is 1.93 bits per heavy atom. The van der Waals surface area contributed by atoms with Crippen molar-refractivity contribution in [1.29, 1.82) is 0 Å². The van der Waals surface area contributed by atoms with E-state index in [-0.39, 0.29) is 11.7 Å². The van der Waals surface area contributed by atoms with E-state index in [9.17, 15) is 18.0 Å². The smallest absolute Gasteiger partial charge is 0.370 e. The molecule has 0 aliphatic rings. The van der Waals surface area contributed by atoms with E-state index >= 15 is 0 Å². The molecule has 1 heterocycles. The molecule has 0 bridgehead atoms. The van der Waals surface area contributed by atoms with Crippen molar-refractivity contribution in [3.63, 3.8) is 0 Å². The van der Waals surface area contributed by atoms with Gasteiger partial charge in [0.15, 0.2) is 11.8 Å². The van der Waals surface area contributed by atoms with E-state index in [0.717, 1.165) is 5.69 Å². The van der Waals surface area contributed by atoms with Gasteiger partial charge in [0.2, 0.25) is 5.91 Å². The number of carbonyl (C=O) groups excluding carboxylic acids is 1. The number of hydrogen-bond donors (Lipinski definition) is 3. The van der Waals surface area contributed by atoms with Gasteiger partial charge in [-0.05, 0) is 18.6 Å². The van der Waals surface area contributed by atoms with Gasteiger partial charge in [0, 0.05) is 17.9 Å². The zero-order valence-corrected chi connectivity index (χ0v) is 15.6. The second-order valence-electron chi connectivity index (χ2n) is 5.55. The Morgan fingerprint density at radius 1 is 1.18 bits per heavy atom. The standard InChI is InChI=1S/C17H19F3N6OS/c18-17(19,20)11-23-16(21)26-13-9-22-10-15(25-13)28-8-4-7-14(27)24-12-5-2-1-3-6-12/h1-3,5-6,9-10H,4,7-8,11H2,(H,24,27)(H3,21,23,25,26). The summed E-state index contributed by atoms with van der Waals surface area (Å²) in [6.07, 6.45) is -0.610. The van der Waals surface area contributed by atoms with Crippen LogP contribution in [0.1, 0.15) is 12.8 Å². The lowest BCUT2D eigenvalue weighted by atomic mass is 10.3. The maximum Gasteiger partial charge on any atom is 0.408 e. The van der Waals surface area contributed by atoms with Gasteiger partial charge in [0.05, 0.1) is 12.4 Å². The van der Waals surface area contributed by atoms with E-state index < -0.39 is 18.7 Å². The molecule has 0 radical (unpaired) electrons. The summed E-state index contributed by atoms with van der Waals surface area (Å²) in [6, 6.07) is 9.17. The predicted molar refractivity (Wildman–Crippen MR) is 103 cm³/mol. The van der Waals surface area contributed by atoms with Gasteiger partial charge >= 0.3 is 6.18 Å². The molecule has 11 heteroatoms. The van der Waals surface area contributed by atoms with Crippen LogP contribution in [-0.4, -0.2) is 40.3 Å². The number of aliphatic imine (C=N–C) groups is 1. The van der Waals surface area contributed by atoms with Crippen LogP contribution in [0.15, 0.2) is 52.7 Å². The number of nitrogens with two attached hydrogens (primary N) is 1. The molecule has 1 amide bonds. The normalized spacial score (nSPS) is 11.9. The van der Waals surface area contributed by atoms with Crippen LogP contribution in [0.25, 0.3) is 0 Å². The van der Waals surface area contributed by atoms with Crippen molar-refractivity contribution in [1.82, 2.24) is 9.97 Å². The molecule has 0 aliphatic carbocycles. The molecule has 0 unspecified atom stereocenters. The van der Waals surface area contributed by atoms with Crippen molar-refractivity contribution in [2.75, 3.05) is 22.9 Å². The van der Waals surface area contributed by atoms with Gasteiger partial charge < -0.3 is 16.4 Å². The number of rotatable bonds is 8. The molecular weight excluding hydrogens is 393 g/mol. The van der Waals surface area contributed by atoms with Crippen molar-refractivity contribution in [3.05, 3.63) is 42.7 Å². The number of hydrogen-bond acceptors (Lipinski definition) is 5. The van der Waals surface area contributed by atoms with Gasteiger partial charge in [-0.1, -0.05) is 18.2 Å². The van der Waals surface area contributed by atoms with Crippen LogP contribution in [0.2, 0.25) is 0 Å². The lowest BCUT2D eigenvalue weighted by Gasteiger charge is -2.07. The van der Waals surface area contributed by atoms with Gasteiger partial charge in [-0.3, -0.25) is 9.78 Å². The minimum atomic E-state index is -4.43. The molecule has 7 nitrogen and oxygen atoms in total. The first-order valence-corrected chi connectivity index (χ1v) is 9.24. The van der Waals surface area contributed by atoms with Crippen molar-refractivity contribution < 1.29 is 18.0 Å². The summed E-state index contributed by atoms with van der Waals surface area (Å²) in [5.74, 6) is 0.335. The number of guanidine groups is 1. The first-order valence-electron chi connectivity index (χ1n) is 8.25. The molecule has 0 spiro atoms. The Hall–Kier alpha value is -2.82. The molecule has 0 fully saturated rings. The summed E-state index contributed by atoms with van der Waals surface area (Å²) in [7, 11) is 0. The molecule has 1 aromatic heterocycles. The fraction of sp³-hybridized carbons (Fsp3) is 0.294. The van der Waals surface area contributed by atoms with Crippen molar-refractivity contribution >= 4 is 35.1 Å². The van der Waals surface area contributed by atoms with Crippen LogP contribution in [0, 0.1) is 0 Å². The van der Waals surface area contributed by atoms with E-state index in [4.69, 9.17) is 5.73 Å². The zero-order chi connectivity index (χ0) is 20.4. The molecule has 4 N–H and O–H groups in total. The Morgan fingerprint density at radius 3 is 2.64 bits per heavy atom. The molecular formula is C17H19F3N6OS. The van der Waals surface area contributed by atoms with Crippen LogP contribution in [0.3, 0.4) is 0 Å². The third kappa shape index (κ3) is 8.71. The number of anilines is 2. The first kappa shape index (κ1) is 21.5. The number of halogens is 3. The summed E-state index contributed by atoms with van der Waals surface area (Å²) >= 11 is 1.37. The molecule has 0 saturated carbocycles. The van der Waals surface area contributed by atoms with Gasteiger partial charge in [-0.25, -0.2) is 9.98 Å². The highest BCUT2D eigenvalue weighted by Crippen LogP contribution is 2.18. The molecule has 0 atom stereocenters. The second kappa shape index (κ2) is 10.5. The van der Waals surface area contributed by atoms with E-state index in [1.165, 1.54) is 24.2 Å². The quantitative estimate of drug-likeness (QED) is 0.266. The van der Waals surface area contributed by atoms with E-state index in [1.54, 1.807) is 0 Å². The topological polar surface area (TPSA) is 105 Å². The Kier molecular flexibility index (Phi) is 8.05. The summed E-state index contributed by atoms with van der Waals surface area (Å²) in [5, 5.41) is 5.82. The number of thioether (sulfide) groups is 1. The van der Waals surface area contributed by atoms with Gasteiger partial charge in [0.1, 0.15) is 11.6 Å². The van der Waals surface area contributed by atoms with Gasteiger partial charge in [-0.2, -0.15) is 13.2 Å². The number of benzene rings is 1. The number of aromatic nitrogens is 2. The maximum absolute atomic E-state index is 12.1. The molecule has 1 aromatic carbocycles. The third-order valence-electron chi connectivity index (χ3n) is 3.15. The molecule has 0 saturated heterocycles. The highest BCUT2D eigenvalue weighted by Gasteiger charge is 2.26. The summed E-state index contributed by atoms with van der Waals surface area (Å²) in [4.78, 5) is 23.2. The molecule has 2 rings (SSSR count). The van der Waals surface area contributed by atoms with E-state index in [2.05, 4.69) is 25.6 Å². The van der Waals surface area contributed by atoms with Crippen molar-refractivity contribution in [3.8, 4) is 0 Å². The minimum absolute atomic E-state index is 0.0815. The highest BCUT2D eigenvalue weighted by molar-refractivity contribution is 7.99. The molecule has 28 heavy (non-hydrogen) atoms. The number of para-hydroxylation sites is 1. The SMILES string of the molecule is N/C(=N/CC(F)(F)F)Nc1cncc(SCCCC(=O)Nc2ccccc2)n1. The second-order valence-corrected chi connectivity index (χ2v) is 6.67. The summed E-state index contributed by atoms with van der Waals surface area (Å²) in [5.41, 5.74) is 6.15. The first-order chi connectivity index (χ1) is 13.3. The largest absolute Gasteiger partial charge is 0.408 e. The average Bonchev–Trinajstić information content (AvgIpc) is 2.64. The van der Waals surface area contributed by atoms with Crippen LogP contribution in [0.5, 0.6) is 0 Å². The predicted octanol–water partition coefficient (Wildman–Crippen LogP) is 3.28. The number of carbonyl (C=O) groups is 1. The minimum Gasteiger partial charge on any atom is -0.370 e. The fourth-order valence-corrected chi connectivity index (χ4v) is 2.77. The van der Waals surface area contributed by atoms with Gasteiger partial charge in [0.25, 0.3) is 0 Å². The number of nitrogens with one attached hydrogen (secondary N) is 2. The summed E-state index contributed by atoms with van der Waals surface area (Å²) in [6.45, 7) is -1.38. The molecule has 2 aromatic rings. The van der Waals surface area contributed by atoms with E-state index in [0.29, 0.717) is 23.6 Å². The lowest BCUT2D eigenvalue weighted by molar-refractivity contribution is -0.118. The van der Waals surface area contributed by atoms with Crippen molar-refractivity contribution in [2.45, 2.75) is 24.0 Å². The third-order valence-corrected chi connectivity index (χ3v) is 4.14. The monoisotopic (exact) mass is 412 g/mol. The highest BCUT2D eigenvalue weighted by atomic mass is 32.2. The molecule has 0 aliphatic heterocycles. The van der Waals surface area contributed by atoms with Crippen LogP contribution in [0.4, 0.5) is 24.7 Å². The zero-order valence-electron chi connectivity index (χ0n) is 14.7. The van der Waals surface area contributed by atoms with Crippen LogP contribution in [-0.2, 0) is 4.79 Å². The number of nitrogens with zero attached hydrogens (tertiary/aromatic N) is 3. The van der Waals surface area contributed by atoms with E-state index in [1.807, 2.05) is 30.3 Å². The summed E-state index contributed by atoms with van der Waals surface area (Å²) < 4.78 is 36.4. The Bertz CT molecular complexity index is 801. The number of amides is 1.